The Hall–Kier alpha value is -1.03. The molecule has 0 spiro atoms. The SMILES string of the molecule is CC(C)NC(=O)NCC1(c2cccs2)CC1. The molecule has 0 saturated heterocycles. The van der Waals surface area contributed by atoms with Crippen LogP contribution in [-0.4, -0.2) is 18.6 Å². The molecule has 0 aliphatic heterocycles. The first-order valence-electron chi connectivity index (χ1n) is 5.71. The van der Waals surface area contributed by atoms with Gasteiger partial charge in [-0.05, 0) is 38.1 Å². The fourth-order valence-corrected chi connectivity index (χ4v) is 2.79. The number of rotatable bonds is 4. The Bertz CT molecular complexity index is 355. The van der Waals surface area contributed by atoms with Gasteiger partial charge >= 0.3 is 6.03 Å². The fourth-order valence-electron chi connectivity index (χ4n) is 1.80. The number of hydrogen-bond donors (Lipinski definition) is 2. The second kappa shape index (κ2) is 4.45. The molecule has 2 N–H and O–H groups in total. The van der Waals surface area contributed by atoms with Gasteiger partial charge in [0.2, 0.25) is 0 Å². The molecule has 4 heteroatoms. The zero-order valence-electron chi connectivity index (χ0n) is 9.75. The lowest BCUT2D eigenvalue weighted by Crippen LogP contribution is -2.42. The first-order valence-corrected chi connectivity index (χ1v) is 6.59. The predicted molar refractivity (Wildman–Crippen MR) is 66.9 cm³/mol. The molecule has 1 aromatic heterocycles. The number of carbonyl (C=O) groups is 1. The third-order valence-electron chi connectivity index (χ3n) is 2.90. The van der Waals surface area contributed by atoms with Gasteiger partial charge in [-0.25, -0.2) is 4.79 Å². The molecule has 2 rings (SSSR count). The number of nitrogens with one attached hydrogen (secondary N) is 2. The van der Waals surface area contributed by atoms with Gasteiger partial charge in [-0.15, -0.1) is 11.3 Å². The van der Waals surface area contributed by atoms with Crippen LogP contribution in [0, 0.1) is 0 Å². The third-order valence-corrected chi connectivity index (χ3v) is 4.02. The number of urea groups is 1. The molecule has 88 valence electrons. The summed E-state index contributed by atoms with van der Waals surface area (Å²) in [4.78, 5) is 12.9. The molecule has 0 aromatic carbocycles. The van der Waals surface area contributed by atoms with Crippen LogP contribution in [0.5, 0.6) is 0 Å². The van der Waals surface area contributed by atoms with Crippen LogP contribution in [0.1, 0.15) is 31.6 Å². The van der Waals surface area contributed by atoms with Crippen molar-refractivity contribution >= 4 is 17.4 Å². The van der Waals surface area contributed by atoms with Crippen LogP contribution in [0.25, 0.3) is 0 Å². The van der Waals surface area contributed by atoms with Crippen molar-refractivity contribution in [3.8, 4) is 0 Å². The summed E-state index contributed by atoms with van der Waals surface area (Å²) in [7, 11) is 0. The van der Waals surface area contributed by atoms with Crippen molar-refractivity contribution in [1.82, 2.24) is 10.6 Å². The zero-order chi connectivity index (χ0) is 11.6. The van der Waals surface area contributed by atoms with Gasteiger partial charge in [0.25, 0.3) is 0 Å². The summed E-state index contributed by atoms with van der Waals surface area (Å²) in [5, 5.41) is 7.90. The number of carbonyl (C=O) groups excluding carboxylic acids is 1. The molecule has 0 atom stereocenters. The fraction of sp³-hybridized carbons (Fsp3) is 0.583. The molecule has 0 bridgehead atoms. The lowest BCUT2D eigenvalue weighted by molar-refractivity contribution is 0.237. The molecule has 1 heterocycles. The molecule has 0 unspecified atom stereocenters. The maximum atomic E-state index is 11.5. The minimum absolute atomic E-state index is 0.0576. The van der Waals surface area contributed by atoms with Gasteiger partial charge in [-0.2, -0.15) is 0 Å². The Balaban J connectivity index is 1.84. The van der Waals surface area contributed by atoms with Crippen LogP contribution in [0.15, 0.2) is 17.5 Å². The highest BCUT2D eigenvalue weighted by Gasteiger charge is 2.45. The molecular formula is C12H18N2OS. The molecule has 2 amide bonds. The predicted octanol–water partition coefficient (Wildman–Crippen LogP) is 2.49. The topological polar surface area (TPSA) is 41.1 Å². The Morgan fingerprint density at radius 2 is 2.31 bits per heavy atom. The van der Waals surface area contributed by atoms with E-state index in [4.69, 9.17) is 0 Å². The number of thiophene rings is 1. The van der Waals surface area contributed by atoms with Crippen LogP contribution >= 0.6 is 11.3 Å². The molecule has 16 heavy (non-hydrogen) atoms. The van der Waals surface area contributed by atoms with E-state index in [-0.39, 0.29) is 17.5 Å². The first-order chi connectivity index (χ1) is 7.62. The zero-order valence-corrected chi connectivity index (χ0v) is 10.6. The Labute approximate surface area is 100 Å². The van der Waals surface area contributed by atoms with Crippen molar-refractivity contribution in [3.05, 3.63) is 22.4 Å². The van der Waals surface area contributed by atoms with Gasteiger partial charge in [0.1, 0.15) is 0 Å². The van der Waals surface area contributed by atoms with Gasteiger partial charge in [-0.1, -0.05) is 6.07 Å². The summed E-state index contributed by atoms with van der Waals surface area (Å²) < 4.78 is 0. The average Bonchev–Trinajstić information content (AvgIpc) is 2.79. The van der Waals surface area contributed by atoms with Crippen LogP contribution in [-0.2, 0) is 5.41 Å². The van der Waals surface area contributed by atoms with Gasteiger partial charge in [-0.3, -0.25) is 0 Å². The molecule has 3 nitrogen and oxygen atoms in total. The van der Waals surface area contributed by atoms with Gasteiger partial charge < -0.3 is 10.6 Å². The Morgan fingerprint density at radius 3 is 2.81 bits per heavy atom. The van der Waals surface area contributed by atoms with E-state index in [0.29, 0.717) is 0 Å². The number of amides is 2. The van der Waals surface area contributed by atoms with Crippen molar-refractivity contribution in [3.63, 3.8) is 0 Å². The van der Waals surface area contributed by atoms with Crippen molar-refractivity contribution in [2.45, 2.75) is 38.1 Å². The second-order valence-corrected chi connectivity index (χ2v) is 5.69. The summed E-state index contributed by atoms with van der Waals surface area (Å²) in [5.41, 5.74) is 0.239. The van der Waals surface area contributed by atoms with Gasteiger partial charge in [0.15, 0.2) is 0 Å². The summed E-state index contributed by atoms with van der Waals surface area (Å²) in [6.07, 6.45) is 2.38. The van der Waals surface area contributed by atoms with E-state index in [1.807, 2.05) is 13.8 Å². The Kier molecular flexibility index (Phi) is 3.19. The molecular weight excluding hydrogens is 220 g/mol. The lowest BCUT2D eigenvalue weighted by atomic mass is 10.1. The lowest BCUT2D eigenvalue weighted by Gasteiger charge is -2.16. The van der Waals surface area contributed by atoms with Crippen LogP contribution in [0.3, 0.4) is 0 Å². The molecule has 1 aliphatic carbocycles. The minimum atomic E-state index is -0.0576. The summed E-state index contributed by atoms with van der Waals surface area (Å²) in [5.74, 6) is 0. The normalized spacial score (nSPS) is 17.2. The largest absolute Gasteiger partial charge is 0.337 e. The minimum Gasteiger partial charge on any atom is -0.337 e. The average molecular weight is 238 g/mol. The molecule has 1 fully saturated rings. The maximum absolute atomic E-state index is 11.5. The van der Waals surface area contributed by atoms with E-state index in [1.165, 1.54) is 17.7 Å². The highest BCUT2D eigenvalue weighted by Crippen LogP contribution is 2.49. The highest BCUT2D eigenvalue weighted by molar-refractivity contribution is 7.10. The summed E-state index contributed by atoms with van der Waals surface area (Å²) in [6, 6.07) is 4.38. The number of hydrogen-bond acceptors (Lipinski definition) is 2. The van der Waals surface area contributed by atoms with E-state index < -0.39 is 0 Å². The van der Waals surface area contributed by atoms with Gasteiger partial charge in [0.05, 0.1) is 0 Å². The quantitative estimate of drug-likeness (QED) is 0.831. The van der Waals surface area contributed by atoms with Crippen molar-refractivity contribution in [2.75, 3.05) is 6.54 Å². The van der Waals surface area contributed by atoms with Crippen molar-refractivity contribution < 1.29 is 4.79 Å². The monoisotopic (exact) mass is 238 g/mol. The second-order valence-electron chi connectivity index (χ2n) is 4.74. The molecule has 1 aromatic rings. The van der Waals surface area contributed by atoms with Gasteiger partial charge in [0, 0.05) is 22.9 Å². The summed E-state index contributed by atoms with van der Waals surface area (Å²) in [6.45, 7) is 4.68. The standard InChI is InChI=1S/C12H18N2OS/c1-9(2)14-11(15)13-8-12(5-6-12)10-4-3-7-16-10/h3-4,7,9H,5-6,8H2,1-2H3,(H2,13,14,15). The van der Waals surface area contributed by atoms with E-state index in [1.54, 1.807) is 11.3 Å². The van der Waals surface area contributed by atoms with Crippen LogP contribution in [0.2, 0.25) is 0 Å². The highest BCUT2D eigenvalue weighted by atomic mass is 32.1. The van der Waals surface area contributed by atoms with Crippen LogP contribution < -0.4 is 10.6 Å². The van der Waals surface area contributed by atoms with E-state index >= 15 is 0 Å². The third kappa shape index (κ3) is 2.55. The molecule has 0 radical (unpaired) electrons. The molecule has 1 aliphatic rings. The molecule has 1 saturated carbocycles. The summed E-state index contributed by atoms with van der Waals surface area (Å²) >= 11 is 1.79. The smallest absolute Gasteiger partial charge is 0.315 e. The van der Waals surface area contributed by atoms with E-state index in [2.05, 4.69) is 28.1 Å². The maximum Gasteiger partial charge on any atom is 0.315 e. The van der Waals surface area contributed by atoms with Crippen LogP contribution in [0.4, 0.5) is 4.79 Å². The van der Waals surface area contributed by atoms with E-state index in [0.717, 1.165) is 6.54 Å². The van der Waals surface area contributed by atoms with E-state index in [9.17, 15) is 4.79 Å². The first kappa shape index (κ1) is 11.5. The Morgan fingerprint density at radius 1 is 1.56 bits per heavy atom. The van der Waals surface area contributed by atoms with Crippen molar-refractivity contribution in [2.24, 2.45) is 0 Å². The van der Waals surface area contributed by atoms with Crippen molar-refractivity contribution in [1.29, 1.82) is 0 Å².